The standard InChI is InChI=1S/C21H25Cl2N3O4/c1-25(8-12-5-3-4-6-30-12)21-15-10-26(17(28)11-27)9-14(15)13-7-16(29-2)18(22)19(23)20(13)24-21/h7,12,27H,3-6,8-11H2,1-2H3. The fraction of sp³-hybridized carbons (Fsp3) is 0.524. The summed E-state index contributed by atoms with van der Waals surface area (Å²) in [5, 5.41) is 10.8. The fourth-order valence-corrected chi connectivity index (χ4v) is 4.73. The van der Waals surface area contributed by atoms with E-state index in [0.29, 0.717) is 40.9 Å². The van der Waals surface area contributed by atoms with Gasteiger partial charge in [0.25, 0.3) is 0 Å². The number of aliphatic hydroxyl groups excluding tert-OH is 1. The Hall–Kier alpha value is -1.80. The molecule has 2 aromatic rings. The van der Waals surface area contributed by atoms with Crippen molar-refractivity contribution in [1.29, 1.82) is 0 Å². The van der Waals surface area contributed by atoms with Crippen molar-refractivity contribution in [1.82, 2.24) is 9.88 Å². The third-order valence-corrected chi connectivity index (χ3v) is 6.68. The Kier molecular flexibility index (Phi) is 6.25. The molecule has 2 aliphatic heterocycles. The third-order valence-electron chi connectivity index (χ3n) is 5.84. The molecule has 1 N–H and O–H groups in total. The summed E-state index contributed by atoms with van der Waals surface area (Å²) in [6.45, 7) is 1.69. The zero-order valence-electron chi connectivity index (χ0n) is 17.1. The number of nitrogens with zero attached hydrogens (tertiary/aromatic N) is 3. The van der Waals surface area contributed by atoms with Crippen LogP contribution in [0.2, 0.25) is 10.0 Å². The first kappa shape index (κ1) is 21.4. The van der Waals surface area contributed by atoms with Gasteiger partial charge >= 0.3 is 0 Å². The Morgan fingerprint density at radius 3 is 2.77 bits per heavy atom. The summed E-state index contributed by atoms with van der Waals surface area (Å²) in [6.07, 6.45) is 3.40. The fourth-order valence-electron chi connectivity index (χ4n) is 4.27. The molecule has 30 heavy (non-hydrogen) atoms. The molecule has 1 aromatic heterocycles. The van der Waals surface area contributed by atoms with Crippen LogP contribution >= 0.6 is 23.2 Å². The van der Waals surface area contributed by atoms with Crippen molar-refractivity contribution in [3.63, 3.8) is 0 Å². The number of halogens is 2. The predicted molar refractivity (Wildman–Crippen MR) is 117 cm³/mol. The maximum Gasteiger partial charge on any atom is 0.248 e. The molecule has 1 saturated heterocycles. The zero-order chi connectivity index (χ0) is 21.4. The molecule has 1 amide bonds. The van der Waals surface area contributed by atoms with Crippen LogP contribution in [0.3, 0.4) is 0 Å². The Morgan fingerprint density at radius 2 is 2.10 bits per heavy atom. The number of hydrogen-bond acceptors (Lipinski definition) is 6. The number of carbonyl (C=O) groups is 1. The van der Waals surface area contributed by atoms with Crippen molar-refractivity contribution in [2.24, 2.45) is 0 Å². The minimum absolute atomic E-state index is 0.142. The number of methoxy groups -OCH3 is 1. The first-order chi connectivity index (χ1) is 14.4. The summed E-state index contributed by atoms with van der Waals surface area (Å²) in [7, 11) is 3.51. The normalized spacial score (nSPS) is 18.6. The first-order valence-corrected chi connectivity index (χ1v) is 10.8. The number of ether oxygens (including phenoxy) is 2. The maximum absolute atomic E-state index is 12.2. The molecule has 0 spiro atoms. The highest BCUT2D eigenvalue weighted by Crippen LogP contribution is 2.43. The number of benzene rings is 1. The van der Waals surface area contributed by atoms with E-state index in [-0.39, 0.29) is 12.0 Å². The van der Waals surface area contributed by atoms with Crippen molar-refractivity contribution in [2.75, 3.05) is 38.8 Å². The Morgan fingerprint density at radius 1 is 1.33 bits per heavy atom. The molecule has 7 nitrogen and oxygen atoms in total. The van der Waals surface area contributed by atoms with Crippen molar-refractivity contribution in [3.8, 4) is 5.75 Å². The molecule has 162 valence electrons. The first-order valence-electron chi connectivity index (χ1n) is 10.0. The van der Waals surface area contributed by atoms with E-state index >= 15 is 0 Å². The molecule has 0 bridgehead atoms. The second-order valence-electron chi connectivity index (χ2n) is 7.77. The lowest BCUT2D eigenvalue weighted by Crippen LogP contribution is -2.34. The monoisotopic (exact) mass is 453 g/mol. The minimum atomic E-state index is -0.531. The Bertz CT molecular complexity index is 979. The maximum atomic E-state index is 12.2. The second kappa shape index (κ2) is 8.75. The molecule has 1 atom stereocenters. The predicted octanol–water partition coefficient (Wildman–Crippen LogP) is 3.39. The van der Waals surface area contributed by atoms with Crippen LogP contribution in [0.1, 0.15) is 30.4 Å². The van der Waals surface area contributed by atoms with E-state index in [1.165, 1.54) is 7.11 Å². The number of hydrogen-bond donors (Lipinski definition) is 1. The van der Waals surface area contributed by atoms with Gasteiger partial charge in [-0.1, -0.05) is 23.2 Å². The lowest BCUT2D eigenvalue weighted by atomic mass is 10.0. The van der Waals surface area contributed by atoms with Crippen molar-refractivity contribution in [2.45, 2.75) is 38.5 Å². The number of anilines is 1. The minimum Gasteiger partial charge on any atom is -0.495 e. The van der Waals surface area contributed by atoms with Crippen LogP contribution in [0.5, 0.6) is 5.75 Å². The second-order valence-corrected chi connectivity index (χ2v) is 8.53. The van der Waals surface area contributed by atoms with Gasteiger partial charge < -0.3 is 24.4 Å². The quantitative estimate of drug-likeness (QED) is 0.747. The van der Waals surface area contributed by atoms with Crippen molar-refractivity contribution < 1.29 is 19.4 Å². The molecule has 0 aliphatic carbocycles. The molecule has 0 radical (unpaired) electrons. The topological polar surface area (TPSA) is 75.1 Å². The SMILES string of the molecule is COc1cc2c3c(c(N(C)CC4CCCCO4)nc2c(Cl)c1Cl)CN(C(=O)CO)C3. The average molecular weight is 454 g/mol. The van der Waals surface area contributed by atoms with Gasteiger partial charge in [-0.15, -0.1) is 0 Å². The van der Waals surface area contributed by atoms with Crippen LogP contribution in [-0.2, 0) is 22.6 Å². The highest BCUT2D eigenvalue weighted by atomic mass is 35.5. The van der Waals surface area contributed by atoms with E-state index in [9.17, 15) is 9.90 Å². The van der Waals surface area contributed by atoms with Crippen molar-refractivity contribution >= 4 is 45.8 Å². The average Bonchev–Trinajstić information content (AvgIpc) is 3.21. The van der Waals surface area contributed by atoms with Gasteiger partial charge in [0.05, 0.1) is 30.3 Å². The molecule has 2 aliphatic rings. The number of rotatable bonds is 5. The summed E-state index contributed by atoms with van der Waals surface area (Å²) in [5.74, 6) is 0.889. The van der Waals surface area contributed by atoms with Gasteiger partial charge in [0.15, 0.2) is 0 Å². The summed E-state index contributed by atoms with van der Waals surface area (Å²) < 4.78 is 11.3. The zero-order valence-corrected chi connectivity index (χ0v) is 18.6. The van der Waals surface area contributed by atoms with Gasteiger partial charge in [-0.3, -0.25) is 4.79 Å². The molecule has 4 rings (SSSR count). The molecule has 1 aromatic carbocycles. The number of fused-ring (bicyclic) bond motifs is 3. The molecule has 1 unspecified atom stereocenters. The largest absolute Gasteiger partial charge is 0.495 e. The summed E-state index contributed by atoms with van der Waals surface area (Å²) in [5.41, 5.74) is 2.47. The smallest absolute Gasteiger partial charge is 0.248 e. The summed E-state index contributed by atoms with van der Waals surface area (Å²) >= 11 is 13.0. The van der Waals surface area contributed by atoms with E-state index < -0.39 is 6.61 Å². The molecule has 1 fully saturated rings. The molecular weight excluding hydrogens is 429 g/mol. The third kappa shape index (κ3) is 3.80. The number of aliphatic hydroxyl groups is 1. The number of pyridine rings is 1. The van der Waals surface area contributed by atoms with E-state index in [4.69, 9.17) is 37.7 Å². The van der Waals surface area contributed by atoms with Gasteiger partial charge in [-0.05, 0) is 30.9 Å². The summed E-state index contributed by atoms with van der Waals surface area (Å²) in [6, 6.07) is 1.82. The summed E-state index contributed by atoms with van der Waals surface area (Å²) in [4.78, 5) is 20.8. The van der Waals surface area contributed by atoms with Crippen LogP contribution in [-0.4, -0.2) is 60.9 Å². The van der Waals surface area contributed by atoms with Crippen LogP contribution in [0, 0.1) is 0 Å². The Balaban J connectivity index is 1.82. The van der Waals surface area contributed by atoms with Gasteiger partial charge in [-0.25, -0.2) is 4.98 Å². The van der Waals surface area contributed by atoms with Crippen LogP contribution in [0.25, 0.3) is 10.9 Å². The van der Waals surface area contributed by atoms with Crippen molar-refractivity contribution in [3.05, 3.63) is 27.2 Å². The lowest BCUT2D eigenvalue weighted by Gasteiger charge is -2.29. The van der Waals surface area contributed by atoms with Crippen LogP contribution in [0.15, 0.2) is 6.07 Å². The van der Waals surface area contributed by atoms with Crippen LogP contribution in [0.4, 0.5) is 5.82 Å². The van der Waals surface area contributed by atoms with Gasteiger partial charge in [0, 0.05) is 37.7 Å². The highest BCUT2D eigenvalue weighted by molar-refractivity contribution is 6.46. The molecule has 0 saturated carbocycles. The lowest BCUT2D eigenvalue weighted by molar-refractivity contribution is -0.134. The Labute approximate surface area is 185 Å². The van der Waals surface area contributed by atoms with Gasteiger partial charge in [0.1, 0.15) is 23.2 Å². The van der Waals surface area contributed by atoms with Gasteiger partial charge in [-0.2, -0.15) is 0 Å². The van der Waals surface area contributed by atoms with Gasteiger partial charge in [0.2, 0.25) is 5.91 Å². The van der Waals surface area contributed by atoms with Crippen LogP contribution < -0.4 is 9.64 Å². The van der Waals surface area contributed by atoms with E-state index in [2.05, 4.69) is 4.90 Å². The van der Waals surface area contributed by atoms with E-state index in [1.54, 1.807) is 4.90 Å². The number of likely N-dealkylation sites (N-methyl/N-ethyl adjacent to an activating group) is 1. The number of carbonyl (C=O) groups excluding carboxylic acids is 1. The number of amides is 1. The molecule has 3 heterocycles. The number of aromatic nitrogens is 1. The van der Waals surface area contributed by atoms with E-state index in [0.717, 1.165) is 48.2 Å². The molecular formula is C21H25Cl2N3O4. The molecule has 9 heteroatoms. The van der Waals surface area contributed by atoms with E-state index in [1.807, 2.05) is 13.1 Å². The highest BCUT2D eigenvalue weighted by Gasteiger charge is 2.31.